The highest BCUT2D eigenvalue weighted by Gasteiger charge is 2.32. The van der Waals surface area contributed by atoms with Gasteiger partial charge in [-0.2, -0.15) is 5.10 Å². The molecular weight excluding hydrogens is 300 g/mol. The van der Waals surface area contributed by atoms with Crippen molar-refractivity contribution in [3.8, 4) is 5.69 Å². The average Bonchev–Trinajstić information content (AvgIpc) is 3.16. The van der Waals surface area contributed by atoms with Crippen LogP contribution in [-0.2, 0) is 0 Å². The van der Waals surface area contributed by atoms with Gasteiger partial charge in [-0.25, -0.2) is 9.67 Å². The van der Waals surface area contributed by atoms with Gasteiger partial charge in [-0.05, 0) is 55.4 Å². The lowest BCUT2D eigenvalue weighted by molar-refractivity contribution is 0.0879. The highest BCUT2D eigenvalue weighted by atomic mass is 16.1. The fourth-order valence-electron chi connectivity index (χ4n) is 4.38. The van der Waals surface area contributed by atoms with E-state index in [-0.39, 0.29) is 5.91 Å². The minimum Gasteiger partial charge on any atom is -0.349 e. The molecule has 1 amide bonds. The molecule has 1 N–H and O–H groups in total. The van der Waals surface area contributed by atoms with Gasteiger partial charge in [-0.1, -0.05) is 25.7 Å². The number of nitrogens with one attached hydrogen (secondary N) is 1. The van der Waals surface area contributed by atoms with Crippen molar-refractivity contribution in [1.82, 2.24) is 20.1 Å². The van der Waals surface area contributed by atoms with Crippen LogP contribution in [0.5, 0.6) is 0 Å². The molecule has 24 heavy (non-hydrogen) atoms. The highest BCUT2D eigenvalue weighted by molar-refractivity contribution is 5.94. The third kappa shape index (κ3) is 3.21. The Labute approximate surface area is 142 Å². The minimum absolute atomic E-state index is 0.0411. The van der Waals surface area contributed by atoms with Crippen LogP contribution in [0.4, 0.5) is 0 Å². The lowest BCUT2D eigenvalue weighted by Gasteiger charge is -2.39. The Balaban J connectivity index is 1.37. The molecular formula is C19H24N4O. The van der Waals surface area contributed by atoms with Crippen molar-refractivity contribution >= 4 is 5.91 Å². The Hall–Kier alpha value is -2.17. The van der Waals surface area contributed by atoms with E-state index in [4.69, 9.17) is 0 Å². The Morgan fingerprint density at radius 2 is 1.83 bits per heavy atom. The summed E-state index contributed by atoms with van der Waals surface area (Å²) in [6.45, 7) is 0. The van der Waals surface area contributed by atoms with Crippen LogP contribution < -0.4 is 5.32 Å². The molecule has 2 aliphatic rings. The fourth-order valence-corrected chi connectivity index (χ4v) is 4.38. The van der Waals surface area contributed by atoms with Gasteiger partial charge in [0.25, 0.3) is 5.91 Å². The zero-order valence-corrected chi connectivity index (χ0v) is 13.9. The first kappa shape index (κ1) is 15.4. The molecule has 0 bridgehead atoms. The molecule has 5 nitrogen and oxygen atoms in total. The molecule has 2 aliphatic carbocycles. The third-order valence-corrected chi connectivity index (χ3v) is 5.69. The molecule has 1 aromatic carbocycles. The van der Waals surface area contributed by atoms with E-state index in [9.17, 15) is 4.79 Å². The van der Waals surface area contributed by atoms with Crippen LogP contribution in [0.3, 0.4) is 0 Å². The summed E-state index contributed by atoms with van der Waals surface area (Å²) in [4.78, 5) is 16.5. The number of aromatic nitrogens is 3. The summed E-state index contributed by atoms with van der Waals surface area (Å²) in [7, 11) is 0. The Bertz CT molecular complexity index is 680. The monoisotopic (exact) mass is 324 g/mol. The maximum atomic E-state index is 12.5. The number of carbonyl (C=O) groups excluding carboxylic acids is 1. The Morgan fingerprint density at radius 1 is 1.04 bits per heavy atom. The number of nitrogens with zero attached hydrogens (tertiary/aromatic N) is 3. The second-order valence-electron chi connectivity index (χ2n) is 7.17. The maximum Gasteiger partial charge on any atom is 0.251 e. The van der Waals surface area contributed by atoms with Crippen molar-refractivity contribution in [2.75, 3.05) is 0 Å². The topological polar surface area (TPSA) is 59.8 Å². The van der Waals surface area contributed by atoms with E-state index in [0.717, 1.165) is 30.4 Å². The number of carbonyl (C=O) groups is 1. The van der Waals surface area contributed by atoms with Gasteiger partial charge >= 0.3 is 0 Å². The van der Waals surface area contributed by atoms with Crippen molar-refractivity contribution in [3.63, 3.8) is 0 Å². The van der Waals surface area contributed by atoms with Crippen LogP contribution in [0.2, 0.25) is 0 Å². The van der Waals surface area contributed by atoms with E-state index in [1.165, 1.54) is 38.4 Å². The van der Waals surface area contributed by atoms with Gasteiger partial charge in [0.1, 0.15) is 12.7 Å². The molecule has 4 rings (SSSR count). The molecule has 0 radical (unpaired) electrons. The molecule has 0 saturated heterocycles. The summed E-state index contributed by atoms with van der Waals surface area (Å²) in [6, 6.07) is 7.87. The number of hydrogen-bond donors (Lipinski definition) is 1. The number of amides is 1. The first-order valence-corrected chi connectivity index (χ1v) is 9.05. The summed E-state index contributed by atoms with van der Waals surface area (Å²) < 4.78 is 1.69. The van der Waals surface area contributed by atoms with Crippen molar-refractivity contribution < 1.29 is 4.79 Å². The zero-order chi connectivity index (χ0) is 16.4. The summed E-state index contributed by atoms with van der Waals surface area (Å²) in [5, 5.41) is 7.35. The fraction of sp³-hybridized carbons (Fsp3) is 0.526. The predicted octanol–water partition coefficient (Wildman–Crippen LogP) is 3.36. The maximum absolute atomic E-state index is 12.5. The number of hydrogen-bond acceptors (Lipinski definition) is 3. The van der Waals surface area contributed by atoms with Crippen LogP contribution in [0.25, 0.3) is 5.69 Å². The van der Waals surface area contributed by atoms with E-state index < -0.39 is 0 Å². The Kier molecular flexibility index (Phi) is 4.32. The molecule has 2 fully saturated rings. The number of benzene rings is 1. The molecule has 3 atom stereocenters. The summed E-state index contributed by atoms with van der Waals surface area (Å²) in [5.74, 6) is 1.78. The lowest BCUT2D eigenvalue weighted by atomic mass is 9.69. The number of fused-ring (bicyclic) bond motifs is 1. The van der Waals surface area contributed by atoms with Crippen LogP contribution in [0, 0.1) is 11.8 Å². The first-order chi connectivity index (χ1) is 11.8. The van der Waals surface area contributed by atoms with Gasteiger partial charge in [-0.15, -0.1) is 0 Å². The molecule has 1 heterocycles. The van der Waals surface area contributed by atoms with Gasteiger partial charge in [0.05, 0.1) is 5.69 Å². The van der Waals surface area contributed by atoms with Gasteiger partial charge in [0, 0.05) is 11.6 Å². The van der Waals surface area contributed by atoms with E-state index in [1.54, 1.807) is 11.0 Å². The van der Waals surface area contributed by atoms with Crippen LogP contribution in [0.15, 0.2) is 36.9 Å². The summed E-state index contributed by atoms with van der Waals surface area (Å²) in [5.41, 5.74) is 1.62. The molecule has 126 valence electrons. The van der Waals surface area contributed by atoms with Crippen molar-refractivity contribution in [2.24, 2.45) is 11.8 Å². The third-order valence-electron chi connectivity index (χ3n) is 5.69. The molecule has 2 aromatic rings. The molecule has 0 spiro atoms. The minimum atomic E-state index is 0.0411. The van der Waals surface area contributed by atoms with Crippen LogP contribution >= 0.6 is 0 Å². The summed E-state index contributed by atoms with van der Waals surface area (Å²) in [6.07, 6.45) is 12.2. The summed E-state index contributed by atoms with van der Waals surface area (Å²) >= 11 is 0. The van der Waals surface area contributed by atoms with Crippen molar-refractivity contribution in [3.05, 3.63) is 42.5 Å². The molecule has 0 aliphatic heterocycles. The largest absolute Gasteiger partial charge is 0.349 e. The van der Waals surface area contributed by atoms with E-state index >= 15 is 0 Å². The SMILES string of the molecule is O=C(N[C@@H]1CC[C@@H]2CCCC[C@H]2C1)c1ccc(-n2cncn2)cc1. The Morgan fingerprint density at radius 3 is 2.58 bits per heavy atom. The van der Waals surface area contributed by atoms with Gasteiger partial charge < -0.3 is 5.32 Å². The van der Waals surface area contributed by atoms with Crippen molar-refractivity contribution in [2.45, 2.75) is 51.0 Å². The quantitative estimate of drug-likeness (QED) is 0.942. The van der Waals surface area contributed by atoms with Gasteiger partial charge in [0.15, 0.2) is 0 Å². The van der Waals surface area contributed by atoms with Gasteiger partial charge in [0.2, 0.25) is 0 Å². The van der Waals surface area contributed by atoms with E-state index in [1.807, 2.05) is 24.3 Å². The smallest absolute Gasteiger partial charge is 0.251 e. The standard InChI is InChI=1S/C19H24N4O/c24-19(15-6-9-18(10-7-15)23-13-20-12-21-23)22-17-8-5-14-3-1-2-4-16(14)11-17/h6-7,9-10,12-14,16-17H,1-5,8,11H2,(H,22,24)/t14-,16-,17+/m0/s1. The normalized spacial score (nSPS) is 26.6. The molecule has 2 saturated carbocycles. The first-order valence-electron chi connectivity index (χ1n) is 9.05. The zero-order valence-electron chi connectivity index (χ0n) is 13.9. The molecule has 1 aromatic heterocycles. The second-order valence-corrected chi connectivity index (χ2v) is 7.17. The van der Waals surface area contributed by atoms with E-state index in [0.29, 0.717) is 11.6 Å². The van der Waals surface area contributed by atoms with Crippen molar-refractivity contribution in [1.29, 1.82) is 0 Å². The van der Waals surface area contributed by atoms with Crippen LogP contribution in [-0.4, -0.2) is 26.7 Å². The number of rotatable bonds is 3. The lowest BCUT2D eigenvalue weighted by Crippen LogP contribution is -2.41. The second kappa shape index (κ2) is 6.75. The molecule has 5 heteroatoms. The predicted molar refractivity (Wildman–Crippen MR) is 91.9 cm³/mol. The highest BCUT2D eigenvalue weighted by Crippen LogP contribution is 2.40. The van der Waals surface area contributed by atoms with Gasteiger partial charge in [-0.3, -0.25) is 4.79 Å². The van der Waals surface area contributed by atoms with E-state index in [2.05, 4.69) is 15.4 Å². The van der Waals surface area contributed by atoms with Crippen LogP contribution in [0.1, 0.15) is 55.3 Å². The average molecular weight is 324 g/mol. The molecule has 0 unspecified atom stereocenters.